The number of halogens is 2. The van der Waals surface area contributed by atoms with Crippen molar-refractivity contribution in [3.8, 4) is 0 Å². The van der Waals surface area contributed by atoms with Gasteiger partial charge in [0.05, 0.1) is 15.9 Å². The monoisotopic (exact) mass is 449 g/mol. The zero-order valence-corrected chi connectivity index (χ0v) is 17.9. The van der Waals surface area contributed by atoms with Gasteiger partial charge in [0.15, 0.2) is 5.11 Å². The summed E-state index contributed by atoms with van der Waals surface area (Å²) in [7, 11) is 0. The molecular weight excluding hydrogens is 433 g/mol. The van der Waals surface area contributed by atoms with Crippen LogP contribution in [0.5, 0.6) is 0 Å². The number of fused-ring (bicyclic) bond motifs is 1. The number of amides is 1. The van der Waals surface area contributed by atoms with Crippen LogP contribution in [0.3, 0.4) is 0 Å². The summed E-state index contributed by atoms with van der Waals surface area (Å²) >= 11 is 17.2. The second-order valence-corrected chi connectivity index (χ2v) is 7.58. The summed E-state index contributed by atoms with van der Waals surface area (Å²) in [5.74, 6) is -0.125. The molecule has 3 N–H and O–H groups in total. The Morgan fingerprint density at radius 2 is 1.83 bits per heavy atom. The first kappa shape index (κ1) is 21.0. The molecule has 0 fully saturated rings. The van der Waals surface area contributed by atoms with Crippen molar-refractivity contribution in [3.63, 3.8) is 0 Å². The van der Waals surface area contributed by atoms with E-state index < -0.39 is 11.5 Å². The average molecular weight is 450 g/mol. The van der Waals surface area contributed by atoms with Crippen LogP contribution < -0.4 is 21.7 Å². The Balaban J connectivity index is 1.69. The van der Waals surface area contributed by atoms with Crippen LogP contribution >= 0.6 is 35.4 Å². The highest BCUT2D eigenvalue weighted by molar-refractivity contribution is 7.80. The lowest BCUT2D eigenvalue weighted by atomic mass is 10.2. The van der Waals surface area contributed by atoms with Gasteiger partial charge in [-0.1, -0.05) is 40.9 Å². The van der Waals surface area contributed by atoms with E-state index in [1.54, 1.807) is 6.92 Å². The predicted molar refractivity (Wildman–Crippen MR) is 119 cm³/mol. The number of carbonyl (C=O) groups excluding carboxylic acids is 1. The summed E-state index contributed by atoms with van der Waals surface area (Å²) in [6.45, 7) is 3.35. The summed E-state index contributed by atoms with van der Waals surface area (Å²) in [5.41, 5.74) is 6.89. The van der Waals surface area contributed by atoms with E-state index in [1.165, 1.54) is 16.7 Å². The number of carbonyl (C=O) groups is 1. The van der Waals surface area contributed by atoms with Gasteiger partial charge in [-0.25, -0.2) is 4.98 Å². The molecule has 29 heavy (non-hydrogen) atoms. The standard InChI is InChI=1S/C19H17Cl2N5O2S/c1-10-3-5-13(6-4-10)23-19(29)25-24-16(27)9-26-11(2)22-17-14(18(26)28)7-12(20)8-15(17)21/h3-8H,9H2,1-2H3,(H,24,27)(H2,23,25,29). The van der Waals surface area contributed by atoms with Crippen molar-refractivity contribution in [1.29, 1.82) is 0 Å². The third kappa shape index (κ3) is 5.03. The Morgan fingerprint density at radius 1 is 1.14 bits per heavy atom. The van der Waals surface area contributed by atoms with Gasteiger partial charge in [-0.3, -0.25) is 25.0 Å². The van der Waals surface area contributed by atoms with Crippen LogP contribution in [0, 0.1) is 13.8 Å². The topological polar surface area (TPSA) is 88.0 Å². The van der Waals surface area contributed by atoms with Gasteiger partial charge in [-0.15, -0.1) is 0 Å². The minimum atomic E-state index is -0.475. The zero-order valence-electron chi connectivity index (χ0n) is 15.5. The molecular formula is C19H17Cl2N5O2S. The molecule has 0 aliphatic carbocycles. The highest BCUT2D eigenvalue weighted by Gasteiger charge is 2.14. The molecule has 0 spiro atoms. The van der Waals surface area contributed by atoms with E-state index in [2.05, 4.69) is 21.2 Å². The fourth-order valence-electron chi connectivity index (χ4n) is 2.65. The number of rotatable bonds is 3. The minimum absolute atomic E-state index is 0.210. The highest BCUT2D eigenvalue weighted by atomic mass is 35.5. The van der Waals surface area contributed by atoms with E-state index in [9.17, 15) is 9.59 Å². The van der Waals surface area contributed by atoms with Crippen molar-refractivity contribution in [2.45, 2.75) is 20.4 Å². The van der Waals surface area contributed by atoms with Crippen LogP contribution in [0.2, 0.25) is 10.0 Å². The van der Waals surface area contributed by atoms with Gasteiger partial charge in [0.1, 0.15) is 12.4 Å². The van der Waals surface area contributed by atoms with Crippen molar-refractivity contribution in [3.05, 3.63) is 68.2 Å². The molecule has 0 aliphatic rings. The second-order valence-electron chi connectivity index (χ2n) is 6.33. The summed E-state index contributed by atoms with van der Waals surface area (Å²) in [4.78, 5) is 29.4. The van der Waals surface area contributed by atoms with Gasteiger partial charge in [0, 0.05) is 10.7 Å². The number of aryl methyl sites for hydroxylation is 2. The van der Waals surface area contributed by atoms with E-state index >= 15 is 0 Å². The third-order valence-electron chi connectivity index (χ3n) is 4.09. The predicted octanol–water partition coefficient (Wildman–Crippen LogP) is 3.34. The van der Waals surface area contributed by atoms with E-state index in [0.29, 0.717) is 16.4 Å². The molecule has 1 heterocycles. The van der Waals surface area contributed by atoms with E-state index in [4.69, 9.17) is 35.4 Å². The number of thiocarbonyl (C=S) groups is 1. The Labute approximate surface area is 182 Å². The van der Waals surface area contributed by atoms with E-state index in [1.807, 2.05) is 31.2 Å². The molecule has 0 aliphatic heterocycles. The van der Waals surface area contributed by atoms with E-state index in [-0.39, 0.29) is 22.1 Å². The number of aromatic nitrogens is 2. The summed E-state index contributed by atoms with van der Waals surface area (Å²) in [6, 6.07) is 10.6. The molecule has 0 saturated carbocycles. The number of hydrogen-bond acceptors (Lipinski definition) is 4. The van der Waals surface area contributed by atoms with Crippen molar-refractivity contribution < 1.29 is 4.79 Å². The molecule has 2 aromatic carbocycles. The van der Waals surface area contributed by atoms with Crippen LogP contribution in [0.25, 0.3) is 10.9 Å². The van der Waals surface area contributed by atoms with E-state index in [0.717, 1.165) is 11.3 Å². The molecule has 0 bridgehead atoms. The molecule has 3 rings (SSSR count). The SMILES string of the molecule is Cc1ccc(NC(=S)NNC(=O)Cn2c(C)nc3c(Cl)cc(Cl)cc3c2=O)cc1. The molecule has 0 atom stereocenters. The number of nitrogens with zero attached hydrogens (tertiary/aromatic N) is 2. The van der Waals surface area contributed by atoms with Gasteiger partial charge in [0.25, 0.3) is 11.5 Å². The van der Waals surface area contributed by atoms with Gasteiger partial charge in [0.2, 0.25) is 0 Å². The Kier molecular flexibility index (Phi) is 6.36. The smallest absolute Gasteiger partial charge is 0.261 e. The van der Waals surface area contributed by atoms with Gasteiger partial charge in [-0.05, 0) is 50.3 Å². The third-order valence-corrected chi connectivity index (χ3v) is 4.81. The molecule has 0 radical (unpaired) electrons. The number of nitrogens with one attached hydrogen (secondary N) is 3. The maximum atomic E-state index is 12.8. The normalized spacial score (nSPS) is 10.6. The minimum Gasteiger partial charge on any atom is -0.331 e. The molecule has 3 aromatic rings. The van der Waals surface area contributed by atoms with Crippen molar-refractivity contribution in [2.75, 3.05) is 5.32 Å². The van der Waals surface area contributed by atoms with Crippen molar-refractivity contribution in [2.24, 2.45) is 0 Å². The van der Waals surface area contributed by atoms with Gasteiger partial charge in [-0.2, -0.15) is 0 Å². The fourth-order valence-corrected chi connectivity index (χ4v) is 3.36. The number of hydrogen-bond donors (Lipinski definition) is 3. The number of benzene rings is 2. The Morgan fingerprint density at radius 3 is 2.52 bits per heavy atom. The zero-order chi connectivity index (χ0) is 21.1. The lowest BCUT2D eigenvalue weighted by molar-refractivity contribution is -0.122. The summed E-state index contributed by atoms with van der Waals surface area (Å²) in [5, 5.41) is 3.99. The van der Waals surface area contributed by atoms with Crippen molar-refractivity contribution >= 4 is 63.0 Å². The maximum absolute atomic E-state index is 12.8. The lowest BCUT2D eigenvalue weighted by Gasteiger charge is -2.14. The highest BCUT2D eigenvalue weighted by Crippen LogP contribution is 2.24. The maximum Gasteiger partial charge on any atom is 0.261 e. The summed E-state index contributed by atoms with van der Waals surface area (Å²) in [6.07, 6.45) is 0. The van der Waals surface area contributed by atoms with Crippen LogP contribution in [0.1, 0.15) is 11.4 Å². The summed E-state index contributed by atoms with van der Waals surface area (Å²) < 4.78 is 1.24. The number of hydrazine groups is 1. The first-order valence-electron chi connectivity index (χ1n) is 8.53. The van der Waals surface area contributed by atoms with Crippen LogP contribution in [0.4, 0.5) is 5.69 Å². The van der Waals surface area contributed by atoms with Gasteiger partial charge >= 0.3 is 0 Å². The van der Waals surface area contributed by atoms with Crippen molar-refractivity contribution in [1.82, 2.24) is 20.4 Å². The Hall–Kier alpha value is -2.68. The van der Waals surface area contributed by atoms with Gasteiger partial charge < -0.3 is 5.32 Å². The largest absolute Gasteiger partial charge is 0.331 e. The van der Waals surface area contributed by atoms with Crippen LogP contribution in [-0.2, 0) is 11.3 Å². The average Bonchev–Trinajstić information content (AvgIpc) is 2.66. The van der Waals surface area contributed by atoms with Crippen LogP contribution in [0.15, 0.2) is 41.2 Å². The molecule has 0 saturated heterocycles. The first-order chi connectivity index (χ1) is 13.7. The Bertz CT molecular complexity index is 1160. The molecule has 1 amide bonds. The molecule has 10 heteroatoms. The molecule has 7 nitrogen and oxygen atoms in total. The number of anilines is 1. The molecule has 1 aromatic heterocycles. The molecule has 150 valence electrons. The van der Waals surface area contributed by atoms with Crippen LogP contribution in [-0.4, -0.2) is 20.6 Å². The quantitative estimate of drug-likeness (QED) is 0.419. The molecule has 0 unspecified atom stereocenters. The first-order valence-corrected chi connectivity index (χ1v) is 9.69. The second kappa shape index (κ2) is 8.77. The fraction of sp³-hybridized carbons (Fsp3) is 0.158. The lowest BCUT2D eigenvalue weighted by Crippen LogP contribution is -2.46.